The van der Waals surface area contributed by atoms with Crippen LogP contribution >= 0.6 is 0 Å². The summed E-state index contributed by atoms with van der Waals surface area (Å²) >= 11 is 0. The van der Waals surface area contributed by atoms with Crippen molar-refractivity contribution in [3.63, 3.8) is 0 Å². The molecule has 0 aliphatic heterocycles. The van der Waals surface area contributed by atoms with Gasteiger partial charge in [-0.1, -0.05) is 0 Å². The Morgan fingerprint density at radius 2 is 0.783 bits per heavy atom. The number of hydrogen-bond acceptors (Lipinski definition) is 4. The molecule has 0 heterocycles. The molecule has 0 unspecified atom stereocenters. The third kappa shape index (κ3) is 13.5. The molecule has 9 heteroatoms. The summed E-state index contributed by atoms with van der Waals surface area (Å²) in [5, 5.41) is 0. The zero-order chi connectivity index (χ0) is 18.0. The quantitative estimate of drug-likeness (QED) is 0.277. The van der Waals surface area contributed by atoms with Gasteiger partial charge in [0.25, 0.3) is 0 Å². The Labute approximate surface area is 144 Å². The first-order valence-corrected chi connectivity index (χ1v) is 6.34. The summed E-state index contributed by atoms with van der Waals surface area (Å²) < 4.78 is 9.12. The first-order valence-electron chi connectivity index (χ1n) is 6.34. The molecular formula is C14H24CuO8+4. The van der Waals surface area contributed by atoms with Gasteiger partial charge in [0.1, 0.15) is 0 Å². The van der Waals surface area contributed by atoms with E-state index in [1.807, 2.05) is 0 Å². The Morgan fingerprint density at radius 3 is 0.826 bits per heavy atom. The average Bonchev–Trinajstić information content (AvgIpc) is 2.32. The number of ketones is 4. The molecule has 4 N–H and O–H groups in total. The van der Waals surface area contributed by atoms with Crippen LogP contribution in [0.15, 0.2) is 0 Å². The van der Waals surface area contributed by atoms with E-state index in [1.165, 1.54) is 41.5 Å². The fourth-order valence-electron chi connectivity index (χ4n) is 1.28. The molecule has 0 aromatic heterocycles. The Kier molecular flexibility index (Phi) is 14.3. The normalized spacial score (nSPS) is 11.4. The molecule has 0 aromatic rings. The maximum atomic E-state index is 10.4. The van der Waals surface area contributed by atoms with Crippen LogP contribution in [-0.4, -0.2) is 66.5 Å². The predicted molar refractivity (Wildman–Crippen MR) is 81.6 cm³/mol. The molecular weight excluding hydrogens is 360 g/mol. The van der Waals surface area contributed by atoms with E-state index >= 15 is 0 Å². The topological polar surface area (TPSA) is 138 Å². The number of carbonyl (C=O) groups is 2. The van der Waals surface area contributed by atoms with Gasteiger partial charge < -0.3 is 9.47 Å². The molecule has 8 nitrogen and oxygen atoms in total. The summed E-state index contributed by atoms with van der Waals surface area (Å²) in [6, 6.07) is 0. The maximum absolute atomic E-state index is 10.4. The Bertz CT molecular complexity index is 411. The van der Waals surface area contributed by atoms with Crippen LogP contribution in [0.4, 0.5) is 0 Å². The Hall–Kier alpha value is -1.86. The third-order valence-corrected chi connectivity index (χ3v) is 2.09. The summed E-state index contributed by atoms with van der Waals surface area (Å²) in [6.45, 7) is 7.83. The van der Waals surface area contributed by atoms with Gasteiger partial charge in [-0.25, -0.2) is 0 Å². The molecule has 0 aromatic carbocycles. The van der Waals surface area contributed by atoms with Crippen LogP contribution in [0.3, 0.4) is 0 Å². The Balaban J connectivity index is -0.000000333. The number of ether oxygens (including phenoxy) is 2. The monoisotopic (exact) mass is 383 g/mol. The van der Waals surface area contributed by atoms with Crippen LogP contribution < -0.4 is 0 Å². The fraction of sp³-hybridized carbons (Fsp3) is 0.571. The largest absolute Gasteiger partial charge is 0.434 e. The Morgan fingerprint density at radius 1 is 0.609 bits per heavy atom. The van der Waals surface area contributed by atoms with Crippen molar-refractivity contribution in [2.24, 2.45) is 0 Å². The minimum absolute atomic E-state index is 0. The second-order valence-electron chi connectivity index (χ2n) is 4.54. The molecule has 0 aliphatic carbocycles. The SMILES string of the molecule is CC(=O)OC(C(C)=[OH+])C(C)=[OH+].CC(=O)OC(C(C)=[OH+])C(C)=[OH+].[Cu]. The van der Waals surface area contributed by atoms with Crippen molar-refractivity contribution in [2.75, 3.05) is 0 Å². The second-order valence-corrected chi connectivity index (χ2v) is 4.54. The molecule has 135 valence electrons. The third-order valence-electron chi connectivity index (χ3n) is 2.09. The van der Waals surface area contributed by atoms with Crippen LogP contribution in [0, 0.1) is 0 Å². The molecule has 0 amide bonds. The first kappa shape index (κ1) is 26.1. The van der Waals surface area contributed by atoms with Gasteiger partial charge in [-0.15, -0.1) is 0 Å². The van der Waals surface area contributed by atoms with Gasteiger partial charge in [-0.3, -0.25) is 28.8 Å². The van der Waals surface area contributed by atoms with Crippen LogP contribution in [0.1, 0.15) is 41.5 Å². The number of esters is 2. The molecule has 0 saturated carbocycles. The summed E-state index contributed by atoms with van der Waals surface area (Å²) in [5.74, 6) is -1.64. The van der Waals surface area contributed by atoms with Crippen molar-refractivity contribution < 1.29 is 55.3 Å². The van der Waals surface area contributed by atoms with E-state index in [0.717, 1.165) is 0 Å². The van der Waals surface area contributed by atoms with E-state index in [1.54, 1.807) is 0 Å². The molecule has 0 rings (SSSR count). The molecule has 0 saturated heterocycles. The van der Waals surface area contributed by atoms with Gasteiger partial charge >= 0.3 is 47.3 Å². The number of rotatable bonds is 6. The van der Waals surface area contributed by atoms with Crippen molar-refractivity contribution in [1.82, 2.24) is 0 Å². The van der Waals surface area contributed by atoms with E-state index in [-0.39, 0.29) is 40.2 Å². The summed E-state index contributed by atoms with van der Waals surface area (Å²) in [6.07, 6.45) is -1.99. The van der Waals surface area contributed by atoms with Crippen LogP contribution in [0.25, 0.3) is 0 Å². The van der Waals surface area contributed by atoms with Crippen molar-refractivity contribution in [1.29, 1.82) is 0 Å². The van der Waals surface area contributed by atoms with E-state index in [4.69, 9.17) is 19.2 Å². The minimum atomic E-state index is -0.993. The number of hydrogen-bond donors (Lipinski definition) is 0. The van der Waals surface area contributed by atoms with Crippen molar-refractivity contribution >= 4 is 35.1 Å². The summed E-state index contributed by atoms with van der Waals surface area (Å²) in [4.78, 5) is 56.3. The van der Waals surface area contributed by atoms with Gasteiger partial charge in [0.15, 0.2) is 0 Å². The zero-order valence-electron chi connectivity index (χ0n) is 13.9. The number of carbonyl (C=O) groups excluding carboxylic acids is 6. The maximum Gasteiger partial charge on any atom is 0.343 e. The smallest absolute Gasteiger partial charge is 0.343 e. The second kappa shape index (κ2) is 12.7. The minimum Gasteiger partial charge on any atom is -0.434 e. The standard InChI is InChI=1S/2C7H10O4.Cu/c2*1-4(8)7(5(2)9)11-6(3)10;/h2*7H,1-3H3;/p+4. The molecule has 0 atom stereocenters. The first-order chi connectivity index (χ1) is 9.89. The van der Waals surface area contributed by atoms with Crippen molar-refractivity contribution in [2.45, 2.75) is 53.8 Å². The van der Waals surface area contributed by atoms with Gasteiger partial charge in [0.2, 0.25) is 0 Å². The van der Waals surface area contributed by atoms with E-state index in [2.05, 4.69) is 9.47 Å². The zero-order valence-corrected chi connectivity index (χ0v) is 14.8. The molecule has 1 radical (unpaired) electrons. The summed E-state index contributed by atoms with van der Waals surface area (Å²) in [5.41, 5.74) is 0. The molecule has 0 aliphatic rings. The van der Waals surface area contributed by atoms with Crippen LogP contribution in [0.5, 0.6) is 0 Å². The molecule has 0 fully saturated rings. The van der Waals surface area contributed by atoms with Crippen LogP contribution in [-0.2, 0) is 36.1 Å². The van der Waals surface area contributed by atoms with Gasteiger partial charge in [0, 0.05) is 30.9 Å². The average molecular weight is 384 g/mol. The molecule has 0 spiro atoms. The fourth-order valence-corrected chi connectivity index (χ4v) is 1.28. The summed E-state index contributed by atoms with van der Waals surface area (Å²) in [7, 11) is 0. The van der Waals surface area contributed by atoms with Crippen LogP contribution in [0.2, 0.25) is 0 Å². The molecule has 23 heavy (non-hydrogen) atoms. The van der Waals surface area contributed by atoms with E-state index in [0.29, 0.717) is 0 Å². The van der Waals surface area contributed by atoms with E-state index in [9.17, 15) is 9.59 Å². The van der Waals surface area contributed by atoms with Gasteiger partial charge in [-0.2, -0.15) is 0 Å². The predicted octanol–water partition coefficient (Wildman–Crippen LogP) is 0.0929. The van der Waals surface area contributed by atoms with E-state index < -0.39 is 24.1 Å². The van der Waals surface area contributed by atoms with Crippen molar-refractivity contribution in [3.8, 4) is 0 Å². The van der Waals surface area contributed by atoms with Gasteiger partial charge in [-0.05, 0) is 0 Å². The van der Waals surface area contributed by atoms with Gasteiger partial charge in [0.05, 0.1) is 27.7 Å². The molecule has 0 bridgehead atoms. The van der Waals surface area contributed by atoms with Crippen molar-refractivity contribution in [3.05, 3.63) is 0 Å².